The topological polar surface area (TPSA) is 119 Å². The zero-order valence-corrected chi connectivity index (χ0v) is 11.0. The number of azide groups is 1. The molecular formula is C12H13N5O3. The Hall–Kier alpha value is -2.70. The molecule has 0 aliphatic carbocycles. The summed E-state index contributed by atoms with van der Waals surface area (Å²) in [5.41, 5.74) is 8.85. The van der Waals surface area contributed by atoms with Gasteiger partial charge < -0.3 is 0 Å². The monoisotopic (exact) mass is 275 g/mol. The predicted molar refractivity (Wildman–Crippen MR) is 71.2 cm³/mol. The van der Waals surface area contributed by atoms with Gasteiger partial charge in [-0.15, -0.1) is 0 Å². The van der Waals surface area contributed by atoms with E-state index < -0.39 is 17.4 Å². The number of nitrogens with zero attached hydrogens (tertiary/aromatic N) is 4. The number of hydroxylamine groups is 2. The molecule has 1 amide bonds. The predicted octanol–water partition coefficient (Wildman–Crippen LogP) is 2.13. The summed E-state index contributed by atoms with van der Waals surface area (Å²) in [7, 11) is 1.33. The Morgan fingerprint density at radius 2 is 2.00 bits per heavy atom. The molecule has 8 heteroatoms. The third-order valence-electron chi connectivity index (χ3n) is 2.37. The van der Waals surface area contributed by atoms with Gasteiger partial charge in [0.2, 0.25) is 0 Å². The van der Waals surface area contributed by atoms with E-state index in [4.69, 9.17) is 15.8 Å². The van der Waals surface area contributed by atoms with Crippen molar-refractivity contribution in [2.24, 2.45) is 5.11 Å². The minimum absolute atomic E-state index is 0.0873. The third-order valence-corrected chi connectivity index (χ3v) is 2.37. The molecule has 0 saturated heterocycles. The molecule has 1 rings (SSSR count). The highest BCUT2D eigenvalue weighted by atomic mass is 16.7. The van der Waals surface area contributed by atoms with Crippen LogP contribution in [0.1, 0.15) is 12.5 Å². The fourth-order valence-corrected chi connectivity index (χ4v) is 1.25. The molecule has 0 fully saturated rings. The average molecular weight is 275 g/mol. The van der Waals surface area contributed by atoms with Gasteiger partial charge in [-0.1, -0.05) is 29.4 Å². The number of nitrogens with one attached hydrogen (secondary N) is 1. The first kappa shape index (κ1) is 15.4. The van der Waals surface area contributed by atoms with Gasteiger partial charge >= 0.3 is 0 Å². The Morgan fingerprint density at radius 1 is 1.40 bits per heavy atom. The van der Waals surface area contributed by atoms with Crippen molar-refractivity contribution in [3.63, 3.8) is 0 Å². The summed E-state index contributed by atoms with van der Waals surface area (Å²) in [5.74, 6) is -1.42. The van der Waals surface area contributed by atoms with Crippen LogP contribution in [0.15, 0.2) is 29.4 Å². The van der Waals surface area contributed by atoms with Gasteiger partial charge in [-0.2, -0.15) is 0 Å². The Morgan fingerprint density at radius 3 is 2.50 bits per heavy atom. The smallest absolute Gasteiger partial charge is 0.293 e. The first-order chi connectivity index (χ1) is 9.45. The third kappa shape index (κ3) is 4.20. The number of hydrogen-bond donors (Lipinski definition) is 1. The summed E-state index contributed by atoms with van der Waals surface area (Å²) < 4.78 is 0. The van der Waals surface area contributed by atoms with E-state index in [1.165, 1.54) is 7.05 Å². The van der Waals surface area contributed by atoms with Crippen LogP contribution in [0, 0.1) is 5.41 Å². The number of ketones is 1. The molecule has 0 radical (unpaired) electrons. The second kappa shape index (κ2) is 7.03. The van der Waals surface area contributed by atoms with Crippen LogP contribution in [0.5, 0.6) is 0 Å². The van der Waals surface area contributed by atoms with E-state index in [9.17, 15) is 9.59 Å². The van der Waals surface area contributed by atoms with Gasteiger partial charge in [0.15, 0.2) is 11.5 Å². The zero-order chi connectivity index (χ0) is 15.1. The zero-order valence-electron chi connectivity index (χ0n) is 11.0. The number of carbonyl (C=O) groups is 2. The molecule has 0 aliphatic heterocycles. The Kier molecular flexibility index (Phi) is 5.40. The van der Waals surface area contributed by atoms with Gasteiger partial charge in [0.05, 0.1) is 0 Å². The van der Waals surface area contributed by atoms with Crippen LogP contribution < -0.4 is 0 Å². The maximum Gasteiger partial charge on any atom is 0.298 e. The van der Waals surface area contributed by atoms with Crippen LogP contribution in [0.4, 0.5) is 5.69 Å². The fourth-order valence-electron chi connectivity index (χ4n) is 1.25. The largest absolute Gasteiger partial charge is 0.298 e. The normalized spacial score (nSPS) is 9.50. The van der Waals surface area contributed by atoms with E-state index in [2.05, 4.69) is 10.0 Å². The first-order valence-electron chi connectivity index (χ1n) is 5.60. The lowest BCUT2D eigenvalue weighted by Gasteiger charge is -2.16. The molecule has 0 aromatic heterocycles. The van der Waals surface area contributed by atoms with Crippen molar-refractivity contribution >= 4 is 23.1 Å². The second-order valence-corrected chi connectivity index (χ2v) is 3.86. The molecule has 104 valence electrons. The molecular weight excluding hydrogens is 262 g/mol. The molecule has 0 atom stereocenters. The molecule has 0 unspecified atom stereocenters. The van der Waals surface area contributed by atoms with Crippen molar-refractivity contribution in [2.45, 2.75) is 13.5 Å². The second-order valence-electron chi connectivity index (χ2n) is 3.86. The van der Waals surface area contributed by atoms with Crippen LogP contribution >= 0.6 is 0 Å². The van der Waals surface area contributed by atoms with E-state index in [1.54, 1.807) is 24.3 Å². The standard InChI is InChI=1S/C12H13N5O3/c1-8(18)11(13)12(19)17(2)20-7-9-3-5-10(6-4-9)15-16-14/h3-6,13H,7H2,1-2H3. The molecule has 0 saturated carbocycles. The van der Waals surface area contributed by atoms with Gasteiger partial charge in [0.1, 0.15) is 6.61 Å². The molecule has 8 nitrogen and oxygen atoms in total. The van der Waals surface area contributed by atoms with Crippen LogP contribution in [0.25, 0.3) is 10.4 Å². The number of rotatable bonds is 6. The highest BCUT2D eigenvalue weighted by Crippen LogP contribution is 2.13. The van der Waals surface area contributed by atoms with Gasteiger partial charge in [0.25, 0.3) is 5.91 Å². The fraction of sp³-hybridized carbons (Fsp3) is 0.250. The van der Waals surface area contributed by atoms with Gasteiger partial charge in [-0.3, -0.25) is 19.8 Å². The van der Waals surface area contributed by atoms with E-state index in [1.807, 2.05) is 0 Å². The van der Waals surface area contributed by atoms with Crippen LogP contribution in [0.3, 0.4) is 0 Å². The summed E-state index contributed by atoms with van der Waals surface area (Å²) in [6.45, 7) is 1.23. The van der Waals surface area contributed by atoms with E-state index in [0.29, 0.717) is 5.69 Å². The maximum atomic E-state index is 11.5. The van der Waals surface area contributed by atoms with E-state index in [0.717, 1.165) is 17.6 Å². The lowest BCUT2D eigenvalue weighted by Crippen LogP contribution is -2.36. The summed E-state index contributed by atoms with van der Waals surface area (Å²) in [6, 6.07) is 6.58. The molecule has 0 bridgehead atoms. The van der Waals surface area contributed by atoms with Crippen molar-refractivity contribution in [3.8, 4) is 0 Å². The molecule has 0 heterocycles. The van der Waals surface area contributed by atoms with E-state index in [-0.39, 0.29) is 6.61 Å². The van der Waals surface area contributed by atoms with Gasteiger partial charge in [-0.05, 0) is 11.1 Å². The van der Waals surface area contributed by atoms with Crippen LogP contribution in [-0.2, 0) is 21.0 Å². The summed E-state index contributed by atoms with van der Waals surface area (Å²) in [5, 5.41) is 11.5. The highest BCUT2D eigenvalue weighted by Gasteiger charge is 2.19. The number of amides is 1. The molecule has 1 N–H and O–H groups in total. The van der Waals surface area contributed by atoms with Gasteiger partial charge in [0, 0.05) is 24.6 Å². The van der Waals surface area contributed by atoms with Crippen LogP contribution in [0.2, 0.25) is 0 Å². The summed E-state index contributed by atoms with van der Waals surface area (Å²) in [4.78, 5) is 30.2. The highest BCUT2D eigenvalue weighted by molar-refractivity contribution is 6.63. The van der Waals surface area contributed by atoms with Gasteiger partial charge in [-0.25, -0.2) is 5.06 Å². The SMILES string of the molecule is CC(=O)C(=N)C(=O)N(C)OCc1ccc(N=[N+]=[N-])cc1. The molecule has 0 aliphatic rings. The van der Waals surface area contributed by atoms with E-state index >= 15 is 0 Å². The molecule has 0 spiro atoms. The number of carbonyl (C=O) groups excluding carboxylic acids is 2. The Labute approximate surface area is 115 Å². The lowest BCUT2D eigenvalue weighted by atomic mass is 10.2. The number of Topliss-reactive ketones (excluding diaryl/α,β-unsaturated/α-hetero) is 1. The quantitative estimate of drug-likeness (QED) is 0.214. The Balaban J connectivity index is 2.58. The molecule has 20 heavy (non-hydrogen) atoms. The minimum Gasteiger partial charge on any atom is -0.293 e. The van der Waals surface area contributed by atoms with Crippen molar-refractivity contribution in [1.82, 2.24) is 5.06 Å². The number of benzene rings is 1. The van der Waals surface area contributed by atoms with Crippen LogP contribution in [-0.4, -0.2) is 29.5 Å². The number of hydrogen-bond acceptors (Lipinski definition) is 5. The summed E-state index contributed by atoms with van der Waals surface area (Å²) >= 11 is 0. The maximum absolute atomic E-state index is 11.5. The van der Waals surface area contributed by atoms with Crippen molar-refractivity contribution in [2.75, 3.05) is 7.05 Å². The molecule has 1 aromatic rings. The molecule has 1 aromatic carbocycles. The van der Waals surface area contributed by atoms with Crippen molar-refractivity contribution in [3.05, 3.63) is 40.3 Å². The van der Waals surface area contributed by atoms with Crippen molar-refractivity contribution < 1.29 is 14.4 Å². The van der Waals surface area contributed by atoms with Crippen molar-refractivity contribution in [1.29, 1.82) is 5.41 Å². The average Bonchev–Trinajstić information content (AvgIpc) is 2.44. The minimum atomic E-state index is -0.803. The summed E-state index contributed by atoms with van der Waals surface area (Å²) in [6.07, 6.45) is 0. The Bertz CT molecular complexity index is 575. The lowest BCUT2D eigenvalue weighted by molar-refractivity contribution is -0.175. The first-order valence-corrected chi connectivity index (χ1v) is 5.60.